The van der Waals surface area contributed by atoms with Crippen molar-refractivity contribution >= 4 is 11.6 Å². The van der Waals surface area contributed by atoms with Crippen molar-refractivity contribution in [1.82, 2.24) is 9.88 Å². The Labute approximate surface area is 100 Å². The molecule has 2 unspecified atom stereocenters. The van der Waals surface area contributed by atoms with E-state index in [0.29, 0.717) is 17.4 Å². The Kier molecular flexibility index (Phi) is 2.84. The average Bonchev–Trinajstić information content (AvgIpc) is 2.62. The Hall–Kier alpha value is -0.640. The van der Waals surface area contributed by atoms with Crippen LogP contribution in [0.1, 0.15) is 18.4 Å². The molecular weight excluding hydrogens is 224 g/mol. The van der Waals surface area contributed by atoms with Gasteiger partial charge in [-0.2, -0.15) is 0 Å². The van der Waals surface area contributed by atoms with Crippen molar-refractivity contribution in [1.29, 1.82) is 0 Å². The lowest BCUT2D eigenvalue weighted by Gasteiger charge is -2.32. The van der Waals surface area contributed by atoms with Crippen molar-refractivity contribution in [2.75, 3.05) is 13.1 Å². The van der Waals surface area contributed by atoms with Crippen LogP contribution in [0.5, 0.6) is 0 Å². The van der Waals surface area contributed by atoms with E-state index in [9.17, 15) is 0 Å². The monoisotopic (exact) mass is 238 g/mol. The first-order valence-electron chi connectivity index (χ1n) is 5.78. The van der Waals surface area contributed by atoms with Crippen LogP contribution in [-0.2, 0) is 11.3 Å². The van der Waals surface area contributed by atoms with Gasteiger partial charge in [-0.25, -0.2) is 4.98 Å². The summed E-state index contributed by atoms with van der Waals surface area (Å²) in [6.45, 7) is 2.95. The number of aromatic nitrogens is 1. The van der Waals surface area contributed by atoms with Crippen molar-refractivity contribution in [2.24, 2.45) is 0 Å². The standard InChI is InChI=1S/C12H15ClN2O/c13-12-9(2-1-5-14-12)6-15-7-10-3-4-11(8-15)16-10/h1-2,5,10-11H,3-4,6-8H2. The molecule has 16 heavy (non-hydrogen) atoms. The van der Waals surface area contributed by atoms with E-state index >= 15 is 0 Å². The number of rotatable bonds is 2. The minimum absolute atomic E-state index is 0.439. The molecule has 4 heteroatoms. The summed E-state index contributed by atoms with van der Waals surface area (Å²) in [5.74, 6) is 0. The van der Waals surface area contributed by atoms with Crippen LogP contribution in [0.15, 0.2) is 18.3 Å². The fourth-order valence-electron chi connectivity index (χ4n) is 2.61. The Morgan fingerprint density at radius 1 is 1.38 bits per heavy atom. The normalized spacial score (nSPS) is 29.6. The number of halogens is 1. The first kappa shape index (κ1) is 10.5. The van der Waals surface area contributed by atoms with Crippen molar-refractivity contribution < 1.29 is 4.74 Å². The summed E-state index contributed by atoms with van der Waals surface area (Å²) in [6.07, 6.45) is 5.03. The molecule has 0 spiro atoms. The van der Waals surface area contributed by atoms with Crippen LogP contribution in [0.2, 0.25) is 5.15 Å². The highest BCUT2D eigenvalue weighted by Gasteiger charge is 2.33. The van der Waals surface area contributed by atoms with Gasteiger partial charge >= 0.3 is 0 Å². The Morgan fingerprint density at radius 3 is 2.81 bits per heavy atom. The van der Waals surface area contributed by atoms with Gasteiger partial charge in [0.1, 0.15) is 5.15 Å². The van der Waals surface area contributed by atoms with E-state index in [-0.39, 0.29) is 0 Å². The number of hydrogen-bond donors (Lipinski definition) is 0. The molecule has 1 aromatic rings. The van der Waals surface area contributed by atoms with Gasteiger partial charge in [-0.05, 0) is 18.9 Å². The van der Waals surface area contributed by atoms with Crippen molar-refractivity contribution in [3.8, 4) is 0 Å². The topological polar surface area (TPSA) is 25.4 Å². The first-order chi connectivity index (χ1) is 7.81. The fraction of sp³-hybridized carbons (Fsp3) is 0.583. The molecule has 0 radical (unpaired) electrons. The molecule has 3 rings (SSSR count). The fourth-order valence-corrected chi connectivity index (χ4v) is 2.79. The summed E-state index contributed by atoms with van der Waals surface area (Å²) < 4.78 is 5.81. The molecule has 2 aliphatic rings. The van der Waals surface area contributed by atoms with E-state index < -0.39 is 0 Å². The van der Waals surface area contributed by atoms with Gasteiger partial charge < -0.3 is 4.74 Å². The van der Waals surface area contributed by atoms with E-state index in [1.165, 1.54) is 12.8 Å². The second-order valence-corrected chi connectivity index (χ2v) is 4.96. The van der Waals surface area contributed by atoms with Crippen LogP contribution >= 0.6 is 11.6 Å². The average molecular weight is 239 g/mol. The second kappa shape index (κ2) is 4.32. The number of pyridine rings is 1. The molecule has 2 bridgehead atoms. The van der Waals surface area contributed by atoms with E-state index in [2.05, 4.69) is 9.88 Å². The van der Waals surface area contributed by atoms with Gasteiger partial charge in [0.15, 0.2) is 0 Å². The number of likely N-dealkylation sites (tertiary alicyclic amines) is 1. The van der Waals surface area contributed by atoms with Gasteiger partial charge in [0.2, 0.25) is 0 Å². The zero-order valence-electron chi connectivity index (χ0n) is 9.10. The molecular formula is C12H15ClN2O. The maximum atomic E-state index is 6.06. The summed E-state index contributed by atoms with van der Waals surface area (Å²) in [4.78, 5) is 6.53. The number of ether oxygens (including phenoxy) is 1. The highest BCUT2D eigenvalue weighted by molar-refractivity contribution is 6.30. The van der Waals surface area contributed by atoms with Gasteiger partial charge in [0.05, 0.1) is 12.2 Å². The summed E-state index contributed by atoms with van der Waals surface area (Å²) in [6, 6.07) is 3.99. The second-order valence-electron chi connectivity index (χ2n) is 4.60. The molecule has 2 fully saturated rings. The third-order valence-corrected chi connectivity index (χ3v) is 3.69. The zero-order valence-corrected chi connectivity index (χ0v) is 9.86. The molecule has 3 nitrogen and oxygen atoms in total. The number of hydrogen-bond acceptors (Lipinski definition) is 3. The van der Waals surface area contributed by atoms with Crippen LogP contribution in [-0.4, -0.2) is 35.2 Å². The van der Waals surface area contributed by atoms with E-state index in [4.69, 9.17) is 16.3 Å². The zero-order chi connectivity index (χ0) is 11.0. The lowest BCUT2D eigenvalue weighted by Crippen LogP contribution is -2.42. The smallest absolute Gasteiger partial charge is 0.133 e. The largest absolute Gasteiger partial charge is 0.372 e. The van der Waals surface area contributed by atoms with Crippen LogP contribution < -0.4 is 0 Å². The molecule has 3 heterocycles. The van der Waals surface area contributed by atoms with Crippen molar-refractivity contribution in [3.05, 3.63) is 29.0 Å². The van der Waals surface area contributed by atoms with Gasteiger partial charge in [0, 0.05) is 31.4 Å². The lowest BCUT2D eigenvalue weighted by molar-refractivity contribution is -0.0410. The minimum Gasteiger partial charge on any atom is -0.372 e. The van der Waals surface area contributed by atoms with Gasteiger partial charge in [-0.15, -0.1) is 0 Å². The molecule has 2 aliphatic heterocycles. The van der Waals surface area contributed by atoms with E-state index in [1.807, 2.05) is 12.1 Å². The van der Waals surface area contributed by atoms with Crippen LogP contribution in [0.3, 0.4) is 0 Å². The molecule has 0 aromatic carbocycles. The first-order valence-corrected chi connectivity index (χ1v) is 6.16. The van der Waals surface area contributed by atoms with Gasteiger partial charge in [-0.1, -0.05) is 17.7 Å². The summed E-state index contributed by atoms with van der Waals surface area (Å²) in [5, 5.41) is 0.626. The molecule has 1 aromatic heterocycles. The predicted molar refractivity (Wildman–Crippen MR) is 62.4 cm³/mol. The number of nitrogens with zero attached hydrogens (tertiary/aromatic N) is 2. The van der Waals surface area contributed by atoms with Crippen molar-refractivity contribution in [3.63, 3.8) is 0 Å². The lowest BCUT2D eigenvalue weighted by atomic mass is 10.2. The maximum absolute atomic E-state index is 6.06. The minimum atomic E-state index is 0.439. The highest BCUT2D eigenvalue weighted by Crippen LogP contribution is 2.27. The van der Waals surface area contributed by atoms with Gasteiger partial charge in [0.25, 0.3) is 0 Å². The molecule has 86 valence electrons. The highest BCUT2D eigenvalue weighted by atomic mass is 35.5. The Bertz CT molecular complexity index is 373. The third kappa shape index (κ3) is 2.08. The van der Waals surface area contributed by atoms with E-state index in [0.717, 1.165) is 25.2 Å². The van der Waals surface area contributed by atoms with Crippen molar-refractivity contribution in [2.45, 2.75) is 31.6 Å². The molecule has 0 saturated carbocycles. The van der Waals surface area contributed by atoms with Crippen LogP contribution in [0.25, 0.3) is 0 Å². The van der Waals surface area contributed by atoms with E-state index in [1.54, 1.807) is 6.20 Å². The summed E-state index contributed by atoms with van der Waals surface area (Å²) in [7, 11) is 0. The Morgan fingerprint density at radius 2 is 2.12 bits per heavy atom. The quantitative estimate of drug-likeness (QED) is 0.738. The molecule has 0 N–H and O–H groups in total. The van der Waals surface area contributed by atoms with Gasteiger partial charge in [-0.3, -0.25) is 4.90 Å². The maximum Gasteiger partial charge on any atom is 0.133 e. The predicted octanol–water partition coefficient (Wildman–Crippen LogP) is 2.10. The van der Waals surface area contributed by atoms with Crippen LogP contribution in [0, 0.1) is 0 Å². The summed E-state index contributed by atoms with van der Waals surface area (Å²) in [5.41, 5.74) is 1.12. The Balaban J connectivity index is 1.69. The summed E-state index contributed by atoms with van der Waals surface area (Å²) >= 11 is 6.06. The van der Waals surface area contributed by atoms with Crippen LogP contribution in [0.4, 0.5) is 0 Å². The third-order valence-electron chi connectivity index (χ3n) is 3.35. The SMILES string of the molecule is Clc1ncccc1CN1CC2CCC(C1)O2. The molecule has 0 aliphatic carbocycles. The number of fused-ring (bicyclic) bond motifs is 2. The molecule has 2 atom stereocenters. The molecule has 0 amide bonds. The molecule has 2 saturated heterocycles. The number of morpholine rings is 1.